The molecule has 31 heavy (non-hydrogen) atoms. The number of fused-ring (bicyclic) bond motifs is 1. The summed E-state index contributed by atoms with van der Waals surface area (Å²) in [6.45, 7) is 1.22. The number of nitrogen functional groups attached to an aromatic ring is 1. The standard InChI is InChI=1S/C18H22FN6O5P/c1-10-23-16(20)14-17(24-10)25(9-21-14)18-13(19)15(26)12(30-18)8-29-31(27,28)22-7-11-5-3-2-4-6-11/h2-6,9,12-13,15,18,26H,7-8H2,1H3,(H2,20,23,24)(H2,22,27,28)/t12-,13?,15+,18-/m1/s1. The van der Waals surface area contributed by atoms with Crippen molar-refractivity contribution in [2.24, 2.45) is 0 Å². The van der Waals surface area contributed by atoms with Gasteiger partial charge < -0.3 is 20.5 Å². The van der Waals surface area contributed by atoms with Crippen LogP contribution in [0.25, 0.3) is 11.2 Å². The summed E-state index contributed by atoms with van der Waals surface area (Å²) in [7, 11) is -4.21. The average molecular weight is 452 g/mol. The van der Waals surface area contributed by atoms with Gasteiger partial charge in [0.05, 0.1) is 12.9 Å². The molecule has 2 unspecified atom stereocenters. The first kappa shape index (κ1) is 21.8. The zero-order chi connectivity index (χ0) is 22.2. The van der Waals surface area contributed by atoms with Crippen LogP contribution in [0.15, 0.2) is 36.7 Å². The number of imidazole rings is 1. The number of nitrogens with two attached hydrogens (primary N) is 1. The van der Waals surface area contributed by atoms with E-state index in [9.17, 15) is 19.0 Å². The van der Waals surface area contributed by atoms with E-state index in [-0.39, 0.29) is 23.5 Å². The van der Waals surface area contributed by atoms with Crippen LogP contribution >= 0.6 is 7.75 Å². The lowest BCUT2D eigenvalue weighted by Gasteiger charge is -2.18. The number of anilines is 1. The Morgan fingerprint density at radius 1 is 1.35 bits per heavy atom. The SMILES string of the molecule is Cc1nc(N)c2ncn([C@@H]3O[C@H](COP(=O)(O)NCc4ccccc4)[C@H](O)C3F)c2n1. The van der Waals surface area contributed by atoms with Crippen molar-refractivity contribution >= 4 is 24.7 Å². The number of aryl methyl sites for hydroxylation is 1. The molecule has 0 radical (unpaired) electrons. The van der Waals surface area contributed by atoms with Crippen molar-refractivity contribution in [3.05, 3.63) is 48.0 Å². The highest BCUT2D eigenvalue weighted by Crippen LogP contribution is 2.40. The highest BCUT2D eigenvalue weighted by Gasteiger charge is 2.46. The smallest absolute Gasteiger partial charge is 0.387 e. The van der Waals surface area contributed by atoms with Crippen molar-refractivity contribution in [2.45, 2.75) is 38.1 Å². The number of aliphatic hydroxyl groups excluding tert-OH is 1. The lowest BCUT2D eigenvalue weighted by molar-refractivity contribution is -0.0430. The molecular weight excluding hydrogens is 430 g/mol. The molecule has 0 amide bonds. The Bertz CT molecular complexity index is 1120. The molecular formula is C18H22FN6O5P. The predicted molar refractivity (Wildman–Crippen MR) is 108 cm³/mol. The summed E-state index contributed by atoms with van der Waals surface area (Å²) in [6.07, 6.45) is -4.59. The molecule has 3 heterocycles. The van der Waals surface area contributed by atoms with Crippen LogP contribution in [0.3, 0.4) is 0 Å². The molecule has 2 aromatic heterocycles. The molecule has 5 atom stereocenters. The molecule has 0 spiro atoms. The summed E-state index contributed by atoms with van der Waals surface area (Å²) in [5, 5.41) is 12.7. The second-order valence-corrected chi connectivity index (χ2v) is 8.73. The molecule has 0 aliphatic carbocycles. The van der Waals surface area contributed by atoms with Gasteiger partial charge in [-0.05, 0) is 12.5 Å². The molecule has 5 N–H and O–H groups in total. The Morgan fingerprint density at radius 3 is 2.84 bits per heavy atom. The van der Waals surface area contributed by atoms with E-state index in [4.69, 9.17) is 15.0 Å². The lowest BCUT2D eigenvalue weighted by Crippen LogP contribution is -2.31. The van der Waals surface area contributed by atoms with Gasteiger partial charge in [-0.1, -0.05) is 30.3 Å². The Morgan fingerprint density at radius 2 is 2.10 bits per heavy atom. The Balaban J connectivity index is 1.43. The molecule has 1 fully saturated rings. The average Bonchev–Trinajstić information content (AvgIpc) is 3.27. The molecule has 0 saturated carbocycles. The van der Waals surface area contributed by atoms with Crippen LogP contribution in [-0.2, 0) is 20.4 Å². The molecule has 11 nitrogen and oxygen atoms in total. The fourth-order valence-electron chi connectivity index (χ4n) is 3.31. The van der Waals surface area contributed by atoms with Gasteiger partial charge >= 0.3 is 7.75 Å². The molecule has 166 valence electrons. The van der Waals surface area contributed by atoms with Crippen molar-refractivity contribution in [3.8, 4) is 0 Å². The number of alkyl halides is 1. The number of rotatable bonds is 7. The third-order valence-electron chi connectivity index (χ3n) is 4.87. The number of nitrogens with zero attached hydrogens (tertiary/aromatic N) is 4. The van der Waals surface area contributed by atoms with Crippen LogP contribution in [-0.4, -0.2) is 54.5 Å². The molecule has 1 aliphatic rings. The molecule has 0 bridgehead atoms. The summed E-state index contributed by atoms with van der Waals surface area (Å²) < 4.78 is 39.0. The predicted octanol–water partition coefficient (Wildman–Crippen LogP) is 1.22. The normalized spacial score (nSPS) is 25.7. The zero-order valence-corrected chi connectivity index (χ0v) is 17.4. The first-order valence-corrected chi connectivity index (χ1v) is 11.0. The van der Waals surface area contributed by atoms with E-state index in [1.165, 1.54) is 10.9 Å². The molecule has 1 aliphatic heterocycles. The van der Waals surface area contributed by atoms with Gasteiger partial charge in [-0.2, -0.15) is 0 Å². The topological polar surface area (TPSA) is 158 Å². The van der Waals surface area contributed by atoms with Gasteiger partial charge in [0.15, 0.2) is 23.9 Å². The van der Waals surface area contributed by atoms with E-state index >= 15 is 0 Å². The third kappa shape index (κ3) is 4.59. The quantitative estimate of drug-likeness (QED) is 0.384. The first-order chi connectivity index (χ1) is 14.7. The maximum absolute atomic E-state index is 14.8. The summed E-state index contributed by atoms with van der Waals surface area (Å²) in [5.41, 5.74) is 7.14. The van der Waals surface area contributed by atoms with Crippen LogP contribution < -0.4 is 10.8 Å². The van der Waals surface area contributed by atoms with E-state index in [1.807, 2.05) is 6.07 Å². The van der Waals surface area contributed by atoms with Crippen molar-refractivity contribution in [1.82, 2.24) is 24.6 Å². The summed E-state index contributed by atoms with van der Waals surface area (Å²) in [4.78, 5) is 22.3. The van der Waals surface area contributed by atoms with Gasteiger partial charge in [-0.15, -0.1) is 0 Å². The molecule has 4 rings (SSSR count). The summed E-state index contributed by atoms with van der Waals surface area (Å²) in [5.74, 6) is 0.507. The van der Waals surface area contributed by atoms with Crippen molar-refractivity contribution in [2.75, 3.05) is 12.3 Å². The van der Waals surface area contributed by atoms with E-state index in [2.05, 4.69) is 20.0 Å². The second kappa shape index (κ2) is 8.58. The number of benzene rings is 1. The van der Waals surface area contributed by atoms with Crippen LogP contribution in [0.1, 0.15) is 17.6 Å². The van der Waals surface area contributed by atoms with Crippen LogP contribution in [0.5, 0.6) is 0 Å². The number of halogens is 1. The fraction of sp³-hybridized carbons (Fsp3) is 0.389. The monoisotopic (exact) mass is 452 g/mol. The van der Waals surface area contributed by atoms with E-state index in [0.717, 1.165) is 5.56 Å². The van der Waals surface area contributed by atoms with Gasteiger partial charge in [0.25, 0.3) is 0 Å². The Hall–Kier alpha value is -2.47. The minimum Gasteiger partial charge on any atom is -0.387 e. The zero-order valence-electron chi connectivity index (χ0n) is 16.5. The largest absolute Gasteiger partial charge is 0.403 e. The first-order valence-electron chi connectivity index (χ1n) is 9.46. The highest BCUT2D eigenvalue weighted by molar-refractivity contribution is 7.50. The van der Waals surface area contributed by atoms with Gasteiger partial charge in [0.2, 0.25) is 0 Å². The van der Waals surface area contributed by atoms with Crippen molar-refractivity contribution in [3.63, 3.8) is 0 Å². The van der Waals surface area contributed by atoms with Crippen molar-refractivity contribution < 1.29 is 28.2 Å². The van der Waals surface area contributed by atoms with E-state index in [1.54, 1.807) is 31.2 Å². The number of hydrogen-bond donors (Lipinski definition) is 4. The van der Waals surface area contributed by atoms with Crippen molar-refractivity contribution in [1.29, 1.82) is 0 Å². The number of hydrogen-bond acceptors (Lipinski definition) is 8. The van der Waals surface area contributed by atoms with Gasteiger partial charge in [0.1, 0.15) is 23.5 Å². The molecule has 1 aromatic carbocycles. The molecule has 13 heteroatoms. The minimum atomic E-state index is -4.21. The number of nitrogens with one attached hydrogen (secondary N) is 1. The highest BCUT2D eigenvalue weighted by atomic mass is 31.2. The summed E-state index contributed by atoms with van der Waals surface area (Å²) in [6, 6.07) is 8.98. The minimum absolute atomic E-state index is 0.0958. The summed E-state index contributed by atoms with van der Waals surface area (Å²) >= 11 is 0. The Kier molecular flexibility index (Phi) is 6.02. The van der Waals surface area contributed by atoms with E-state index < -0.39 is 39.0 Å². The van der Waals surface area contributed by atoms with Gasteiger partial charge in [0, 0.05) is 6.54 Å². The maximum Gasteiger partial charge on any atom is 0.403 e. The molecule has 3 aromatic rings. The lowest BCUT2D eigenvalue weighted by atomic mass is 10.1. The molecule has 1 saturated heterocycles. The van der Waals surface area contributed by atoms with Crippen LogP contribution in [0.2, 0.25) is 0 Å². The maximum atomic E-state index is 14.8. The van der Waals surface area contributed by atoms with Crippen LogP contribution in [0, 0.1) is 6.92 Å². The third-order valence-corrected chi connectivity index (χ3v) is 5.92. The van der Waals surface area contributed by atoms with Crippen LogP contribution in [0.4, 0.5) is 10.2 Å². The van der Waals surface area contributed by atoms with Gasteiger partial charge in [-0.3, -0.25) is 9.09 Å². The van der Waals surface area contributed by atoms with E-state index in [0.29, 0.717) is 5.82 Å². The number of aliphatic hydroxyl groups is 1. The number of ether oxygens (including phenoxy) is 1. The second-order valence-electron chi connectivity index (χ2n) is 7.12. The Labute approximate surface area is 176 Å². The fourth-order valence-corrected chi connectivity index (χ4v) is 4.13. The number of aromatic nitrogens is 4. The van der Waals surface area contributed by atoms with Gasteiger partial charge in [-0.25, -0.2) is 29.0 Å².